The first kappa shape index (κ1) is 23.2. The molecular weight excluding hydrogens is 429 g/mol. The van der Waals surface area contributed by atoms with Gasteiger partial charge in [-0.05, 0) is 89.8 Å². The lowest BCUT2D eigenvalue weighted by Crippen LogP contribution is -1.95. The van der Waals surface area contributed by atoms with Crippen molar-refractivity contribution in [3.63, 3.8) is 0 Å². The lowest BCUT2D eigenvalue weighted by molar-refractivity contribution is 0.572. The Hall–Kier alpha value is -3.95. The van der Waals surface area contributed by atoms with Crippen LogP contribution in [0.2, 0.25) is 0 Å². The van der Waals surface area contributed by atoms with Crippen LogP contribution in [-0.2, 0) is 6.42 Å². The van der Waals surface area contributed by atoms with Crippen molar-refractivity contribution in [3.05, 3.63) is 118 Å². The molecule has 3 heteroatoms. The van der Waals surface area contributed by atoms with Gasteiger partial charge in [-0.2, -0.15) is 0 Å². The molecule has 0 nitrogen and oxygen atoms in total. The minimum Gasteiger partial charge on any atom is -0.207 e. The molecule has 0 aliphatic carbocycles. The van der Waals surface area contributed by atoms with E-state index in [9.17, 15) is 13.2 Å². The molecule has 0 bridgehead atoms. The van der Waals surface area contributed by atoms with E-state index in [-0.39, 0.29) is 11.4 Å². The molecule has 168 valence electrons. The van der Waals surface area contributed by atoms with E-state index in [1.54, 1.807) is 18.2 Å². The summed E-state index contributed by atoms with van der Waals surface area (Å²) in [6.45, 7) is 2.09. The number of hydrogen-bond acceptors (Lipinski definition) is 0. The average molecular weight is 453 g/mol. The summed E-state index contributed by atoms with van der Waals surface area (Å²) in [5.41, 5.74) is 2.71. The largest absolute Gasteiger partial charge is 0.207 e. The smallest absolute Gasteiger partial charge is 0.142 e. The van der Waals surface area contributed by atoms with Gasteiger partial charge in [-0.3, -0.25) is 0 Å². The fourth-order valence-electron chi connectivity index (χ4n) is 3.68. The molecule has 4 aromatic carbocycles. The van der Waals surface area contributed by atoms with Crippen molar-refractivity contribution in [2.24, 2.45) is 0 Å². The molecule has 0 heterocycles. The van der Waals surface area contributed by atoms with E-state index in [1.807, 2.05) is 30.3 Å². The summed E-state index contributed by atoms with van der Waals surface area (Å²) in [4.78, 5) is 0. The molecule has 0 aromatic heterocycles. The number of rotatable bonds is 4. The van der Waals surface area contributed by atoms with E-state index in [0.717, 1.165) is 41.2 Å². The Bertz CT molecular complexity index is 1420. The Morgan fingerprint density at radius 2 is 1.15 bits per heavy atom. The predicted octanol–water partition coefficient (Wildman–Crippen LogP) is 7.79. The highest BCUT2D eigenvalue weighted by Gasteiger charge is 2.09. The highest BCUT2D eigenvalue weighted by molar-refractivity contribution is 5.84. The normalized spacial score (nSPS) is 10.4. The minimum atomic E-state index is -0.625. The maximum absolute atomic E-state index is 14.4. The third-order valence-corrected chi connectivity index (χ3v) is 5.54. The van der Waals surface area contributed by atoms with E-state index in [4.69, 9.17) is 0 Å². The summed E-state index contributed by atoms with van der Waals surface area (Å²) in [5.74, 6) is 10.1. The fraction of sp³-hybridized carbons (Fsp3) is 0.161. The molecule has 0 spiro atoms. The molecule has 0 fully saturated rings. The van der Waals surface area contributed by atoms with Gasteiger partial charge in [0.15, 0.2) is 0 Å². The van der Waals surface area contributed by atoms with Crippen molar-refractivity contribution in [3.8, 4) is 23.7 Å². The SMILES string of the molecule is CCCCCc1cc(F)c(C#Cc2ccc(C#Cc3ccc4cc(F)ccc4c3)cc2)c(F)c1. The summed E-state index contributed by atoms with van der Waals surface area (Å²) >= 11 is 0. The first-order valence-corrected chi connectivity index (χ1v) is 11.3. The lowest BCUT2D eigenvalue weighted by Gasteiger charge is -2.04. The van der Waals surface area contributed by atoms with Crippen LogP contribution in [0, 0.1) is 41.1 Å². The average Bonchev–Trinajstić information content (AvgIpc) is 2.83. The van der Waals surface area contributed by atoms with Gasteiger partial charge >= 0.3 is 0 Å². The second kappa shape index (κ2) is 10.8. The van der Waals surface area contributed by atoms with Crippen molar-refractivity contribution >= 4 is 10.8 Å². The zero-order valence-electron chi connectivity index (χ0n) is 18.9. The molecule has 0 aliphatic rings. The van der Waals surface area contributed by atoms with Crippen LogP contribution in [0.25, 0.3) is 10.8 Å². The number of hydrogen-bond donors (Lipinski definition) is 0. The fourth-order valence-corrected chi connectivity index (χ4v) is 3.68. The van der Waals surface area contributed by atoms with Gasteiger partial charge in [0.05, 0.1) is 5.56 Å². The first-order chi connectivity index (χ1) is 16.5. The maximum Gasteiger partial charge on any atom is 0.142 e. The van der Waals surface area contributed by atoms with Gasteiger partial charge in [0.1, 0.15) is 17.5 Å². The van der Waals surface area contributed by atoms with E-state index in [0.29, 0.717) is 17.5 Å². The minimum absolute atomic E-state index is 0.209. The van der Waals surface area contributed by atoms with Gasteiger partial charge in [0, 0.05) is 16.7 Å². The summed E-state index contributed by atoms with van der Waals surface area (Å²) in [6, 6.07) is 20.2. The predicted molar refractivity (Wildman–Crippen MR) is 132 cm³/mol. The first-order valence-electron chi connectivity index (χ1n) is 11.3. The van der Waals surface area contributed by atoms with Gasteiger partial charge in [-0.25, -0.2) is 13.2 Å². The number of aryl methyl sites for hydroxylation is 1. The summed E-state index contributed by atoms with van der Waals surface area (Å²) < 4.78 is 42.1. The van der Waals surface area contributed by atoms with Gasteiger partial charge in [-0.1, -0.05) is 55.6 Å². The third-order valence-electron chi connectivity index (χ3n) is 5.54. The van der Waals surface area contributed by atoms with Crippen molar-refractivity contribution < 1.29 is 13.2 Å². The van der Waals surface area contributed by atoms with E-state index in [2.05, 4.69) is 30.6 Å². The molecule has 0 aliphatic heterocycles. The van der Waals surface area contributed by atoms with Gasteiger partial charge in [-0.15, -0.1) is 0 Å². The molecule has 4 rings (SSSR count). The Morgan fingerprint density at radius 1 is 0.588 bits per heavy atom. The van der Waals surface area contributed by atoms with Crippen molar-refractivity contribution in [1.29, 1.82) is 0 Å². The summed E-state index contributed by atoms with van der Waals surface area (Å²) in [7, 11) is 0. The van der Waals surface area contributed by atoms with Gasteiger partial charge < -0.3 is 0 Å². The van der Waals surface area contributed by atoms with Crippen LogP contribution in [0.3, 0.4) is 0 Å². The topological polar surface area (TPSA) is 0 Å². The molecule has 0 atom stereocenters. The molecular formula is C31H23F3. The zero-order valence-corrected chi connectivity index (χ0v) is 18.9. The van der Waals surface area contributed by atoms with Crippen LogP contribution in [0.5, 0.6) is 0 Å². The number of benzene rings is 4. The van der Waals surface area contributed by atoms with Crippen LogP contribution < -0.4 is 0 Å². The van der Waals surface area contributed by atoms with E-state index in [1.165, 1.54) is 24.3 Å². The second-order valence-corrected chi connectivity index (χ2v) is 8.18. The molecule has 0 saturated heterocycles. The van der Waals surface area contributed by atoms with Crippen molar-refractivity contribution in [2.45, 2.75) is 32.6 Å². The Labute approximate surface area is 198 Å². The quantitative estimate of drug-likeness (QED) is 0.219. The van der Waals surface area contributed by atoms with E-state index < -0.39 is 11.6 Å². The van der Waals surface area contributed by atoms with E-state index >= 15 is 0 Å². The number of unbranched alkanes of at least 4 members (excludes halogenated alkanes) is 2. The number of halogens is 3. The van der Waals surface area contributed by atoms with Crippen LogP contribution >= 0.6 is 0 Å². The Morgan fingerprint density at radius 3 is 1.82 bits per heavy atom. The third kappa shape index (κ3) is 5.89. The van der Waals surface area contributed by atoms with Crippen molar-refractivity contribution in [2.75, 3.05) is 0 Å². The highest BCUT2D eigenvalue weighted by Crippen LogP contribution is 2.18. The molecule has 34 heavy (non-hydrogen) atoms. The molecule has 0 amide bonds. The summed E-state index contributed by atoms with van der Waals surface area (Å²) in [6.07, 6.45) is 3.67. The van der Waals surface area contributed by atoms with Gasteiger partial charge in [0.25, 0.3) is 0 Å². The molecule has 4 aromatic rings. The van der Waals surface area contributed by atoms with Crippen LogP contribution in [-0.4, -0.2) is 0 Å². The zero-order chi connectivity index (χ0) is 23.9. The highest BCUT2D eigenvalue weighted by atomic mass is 19.1. The second-order valence-electron chi connectivity index (χ2n) is 8.18. The van der Waals surface area contributed by atoms with Crippen molar-refractivity contribution in [1.82, 2.24) is 0 Å². The molecule has 0 saturated carbocycles. The van der Waals surface area contributed by atoms with Crippen LogP contribution in [0.4, 0.5) is 13.2 Å². The molecule has 0 unspecified atom stereocenters. The van der Waals surface area contributed by atoms with Gasteiger partial charge in [0.2, 0.25) is 0 Å². The molecule has 0 N–H and O–H groups in total. The Balaban J connectivity index is 1.47. The Kier molecular flexibility index (Phi) is 7.36. The lowest BCUT2D eigenvalue weighted by atomic mass is 10.0. The monoisotopic (exact) mass is 452 g/mol. The maximum atomic E-state index is 14.4. The standard InChI is InChI=1S/C31H23F3/c1-2-3-4-5-25-19-30(33)29(31(34)20-25)17-13-23-8-6-22(7-9-23)10-11-24-12-14-27-21-28(32)16-15-26(27)18-24/h6-9,12,14-16,18-21H,2-5H2,1H3. The summed E-state index contributed by atoms with van der Waals surface area (Å²) in [5, 5.41) is 1.75. The molecule has 0 radical (unpaired) electrons. The number of fused-ring (bicyclic) bond motifs is 1. The van der Waals surface area contributed by atoms with Crippen LogP contribution in [0.1, 0.15) is 54.0 Å². The van der Waals surface area contributed by atoms with Crippen LogP contribution in [0.15, 0.2) is 72.8 Å².